The summed E-state index contributed by atoms with van der Waals surface area (Å²) in [6, 6.07) is 10.2. The van der Waals surface area contributed by atoms with Gasteiger partial charge in [0, 0.05) is 0 Å². The summed E-state index contributed by atoms with van der Waals surface area (Å²) in [4.78, 5) is 16.9. The summed E-state index contributed by atoms with van der Waals surface area (Å²) in [5.41, 5.74) is 2.68. The van der Waals surface area contributed by atoms with Crippen LogP contribution >= 0.6 is 0 Å². The van der Waals surface area contributed by atoms with Crippen LogP contribution < -0.4 is 0 Å². The Hall–Kier alpha value is -3.09. The number of rotatable bonds is 3. The molecule has 0 unspecified atom stereocenters. The molecule has 0 aliphatic heterocycles. The highest BCUT2D eigenvalue weighted by Crippen LogP contribution is 2.16. The maximum Gasteiger partial charge on any atom is 0.186 e. The van der Waals surface area contributed by atoms with Gasteiger partial charge in [-0.15, -0.1) is 0 Å². The van der Waals surface area contributed by atoms with Gasteiger partial charge in [-0.2, -0.15) is 5.10 Å². The van der Waals surface area contributed by atoms with E-state index in [0.29, 0.717) is 17.9 Å². The average Bonchev–Trinajstić information content (AvgIpc) is 3.18. The number of hydrogen-bond acceptors (Lipinski definition) is 5. The van der Waals surface area contributed by atoms with Gasteiger partial charge >= 0.3 is 0 Å². The number of benzene rings is 1. The first-order valence-electron chi connectivity index (χ1n) is 6.46. The van der Waals surface area contributed by atoms with Crippen molar-refractivity contribution in [3.8, 4) is 5.82 Å². The molecule has 0 amide bonds. The fourth-order valence-corrected chi connectivity index (χ4v) is 2.25. The van der Waals surface area contributed by atoms with Gasteiger partial charge in [-0.3, -0.25) is 0 Å². The zero-order valence-electron chi connectivity index (χ0n) is 11.0. The van der Waals surface area contributed by atoms with Crippen molar-refractivity contribution >= 4 is 11.2 Å². The standard InChI is InChI=1S/C14H11N7/c1-2-4-11(5-3-1)6-20-10-18-12-13(20)16-8-17-14(12)21-9-15-7-19-21/h1-5,7-10H,6H2. The predicted molar refractivity (Wildman–Crippen MR) is 75.8 cm³/mol. The molecule has 0 spiro atoms. The molecule has 0 N–H and O–H groups in total. The highest BCUT2D eigenvalue weighted by molar-refractivity contribution is 5.78. The van der Waals surface area contributed by atoms with Crippen LogP contribution in [0.3, 0.4) is 0 Å². The fourth-order valence-electron chi connectivity index (χ4n) is 2.25. The summed E-state index contributed by atoms with van der Waals surface area (Å²) in [5.74, 6) is 0.629. The SMILES string of the molecule is c1ccc(Cn2cnc3c(-n4cncn4)ncnc32)cc1. The van der Waals surface area contributed by atoms with Gasteiger partial charge in [-0.1, -0.05) is 30.3 Å². The topological polar surface area (TPSA) is 74.3 Å². The van der Waals surface area contributed by atoms with E-state index < -0.39 is 0 Å². The second-order valence-electron chi connectivity index (χ2n) is 4.57. The molecule has 102 valence electrons. The zero-order chi connectivity index (χ0) is 14.1. The number of fused-ring (bicyclic) bond motifs is 1. The molecule has 7 heteroatoms. The van der Waals surface area contributed by atoms with Crippen molar-refractivity contribution < 1.29 is 0 Å². The number of hydrogen-bond donors (Lipinski definition) is 0. The second-order valence-corrected chi connectivity index (χ2v) is 4.57. The molecule has 1 aromatic carbocycles. The average molecular weight is 277 g/mol. The van der Waals surface area contributed by atoms with Gasteiger partial charge in [0.05, 0.1) is 12.9 Å². The molecule has 0 bridgehead atoms. The Kier molecular flexibility index (Phi) is 2.67. The van der Waals surface area contributed by atoms with E-state index in [0.717, 1.165) is 5.65 Å². The predicted octanol–water partition coefficient (Wildman–Crippen LogP) is 1.46. The molecule has 0 saturated heterocycles. The van der Waals surface area contributed by atoms with E-state index >= 15 is 0 Å². The molecule has 0 aliphatic carbocycles. The van der Waals surface area contributed by atoms with Crippen LogP contribution in [0.2, 0.25) is 0 Å². The smallest absolute Gasteiger partial charge is 0.186 e. The summed E-state index contributed by atoms with van der Waals surface area (Å²) in [5, 5.41) is 4.10. The van der Waals surface area contributed by atoms with Crippen molar-refractivity contribution in [2.24, 2.45) is 0 Å². The van der Waals surface area contributed by atoms with E-state index in [4.69, 9.17) is 0 Å². The quantitative estimate of drug-likeness (QED) is 0.566. The van der Waals surface area contributed by atoms with Crippen molar-refractivity contribution in [2.45, 2.75) is 6.54 Å². The minimum atomic E-state index is 0.629. The summed E-state index contributed by atoms with van der Waals surface area (Å²) in [6.07, 6.45) is 6.35. The van der Waals surface area contributed by atoms with Crippen LogP contribution in [0.15, 0.2) is 55.6 Å². The van der Waals surface area contributed by atoms with Crippen LogP contribution in [0, 0.1) is 0 Å². The van der Waals surface area contributed by atoms with Gasteiger partial charge in [0.25, 0.3) is 0 Å². The number of nitrogens with zero attached hydrogens (tertiary/aromatic N) is 7. The van der Waals surface area contributed by atoms with Crippen molar-refractivity contribution in [2.75, 3.05) is 0 Å². The lowest BCUT2D eigenvalue weighted by molar-refractivity contribution is 0.810. The Morgan fingerprint density at radius 1 is 0.905 bits per heavy atom. The van der Waals surface area contributed by atoms with Crippen LogP contribution in [0.25, 0.3) is 17.0 Å². The van der Waals surface area contributed by atoms with Gasteiger partial charge in [0.1, 0.15) is 19.0 Å². The zero-order valence-corrected chi connectivity index (χ0v) is 11.0. The minimum absolute atomic E-state index is 0.629. The molecule has 0 radical (unpaired) electrons. The lowest BCUT2D eigenvalue weighted by Gasteiger charge is -2.04. The third-order valence-corrected chi connectivity index (χ3v) is 3.21. The van der Waals surface area contributed by atoms with Crippen LogP contribution in [0.5, 0.6) is 0 Å². The normalized spacial score (nSPS) is 11.0. The molecule has 0 atom stereocenters. The lowest BCUT2D eigenvalue weighted by atomic mass is 10.2. The first-order chi connectivity index (χ1) is 10.4. The molecule has 3 heterocycles. The second kappa shape index (κ2) is 4.78. The third kappa shape index (κ3) is 2.04. The van der Waals surface area contributed by atoms with Crippen molar-refractivity contribution in [1.29, 1.82) is 0 Å². The van der Waals surface area contributed by atoms with Crippen molar-refractivity contribution in [3.63, 3.8) is 0 Å². The largest absolute Gasteiger partial charge is 0.311 e. The molecule has 7 nitrogen and oxygen atoms in total. The summed E-state index contributed by atoms with van der Waals surface area (Å²) < 4.78 is 3.58. The van der Waals surface area contributed by atoms with Gasteiger partial charge in [-0.05, 0) is 5.56 Å². The number of aromatic nitrogens is 7. The molecule has 21 heavy (non-hydrogen) atoms. The molecular formula is C14H11N7. The number of imidazole rings is 1. The van der Waals surface area contributed by atoms with Crippen LogP contribution in [0.1, 0.15) is 5.56 Å². The lowest BCUT2D eigenvalue weighted by Crippen LogP contribution is -2.02. The maximum atomic E-state index is 4.42. The van der Waals surface area contributed by atoms with E-state index in [1.165, 1.54) is 18.2 Å². The maximum absolute atomic E-state index is 4.42. The van der Waals surface area contributed by atoms with Gasteiger partial charge in [0.2, 0.25) is 0 Å². The molecule has 3 aromatic heterocycles. The van der Waals surface area contributed by atoms with Gasteiger partial charge in [-0.25, -0.2) is 24.6 Å². The fraction of sp³-hybridized carbons (Fsp3) is 0.0714. The van der Waals surface area contributed by atoms with Gasteiger partial charge < -0.3 is 4.57 Å². The van der Waals surface area contributed by atoms with Crippen molar-refractivity contribution in [3.05, 3.63) is 61.2 Å². The van der Waals surface area contributed by atoms with E-state index in [9.17, 15) is 0 Å². The van der Waals surface area contributed by atoms with E-state index in [1.807, 2.05) is 22.8 Å². The Labute approximate surface area is 119 Å². The van der Waals surface area contributed by atoms with Crippen molar-refractivity contribution in [1.82, 2.24) is 34.3 Å². The highest BCUT2D eigenvalue weighted by atomic mass is 15.4. The first-order valence-corrected chi connectivity index (χ1v) is 6.46. The minimum Gasteiger partial charge on any atom is -0.311 e. The molecule has 0 saturated carbocycles. The van der Waals surface area contributed by atoms with E-state index in [1.54, 1.807) is 17.3 Å². The summed E-state index contributed by atoms with van der Waals surface area (Å²) >= 11 is 0. The first kappa shape index (κ1) is 11.7. The van der Waals surface area contributed by atoms with Crippen LogP contribution in [-0.4, -0.2) is 34.3 Å². The molecule has 4 aromatic rings. The van der Waals surface area contributed by atoms with E-state index in [2.05, 4.69) is 37.2 Å². The highest BCUT2D eigenvalue weighted by Gasteiger charge is 2.12. The van der Waals surface area contributed by atoms with Gasteiger partial charge in [0.15, 0.2) is 17.0 Å². The van der Waals surface area contributed by atoms with Crippen LogP contribution in [-0.2, 0) is 6.54 Å². The monoisotopic (exact) mass is 277 g/mol. The summed E-state index contributed by atoms with van der Waals surface area (Å²) in [6.45, 7) is 0.713. The molecule has 0 aliphatic rings. The van der Waals surface area contributed by atoms with Crippen LogP contribution in [0.4, 0.5) is 0 Å². The summed E-state index contributed by atoms with van der Waals surface area (Å²) in [7, 11) is 0. The molecule has 0 fully saturated rings. The molecule has 4 rings (SSSR count). The Morgan fingerprint density at radius 3 is 2.62 bits per heavy atom. The Morgan fingerprint density at radius 2 is 1.81 bits per heavy atom. The Bertz CT molecular complexity index is 865. The third-order valence-electron chi connectivity index (χ3n) is 3.21. The molecular weight excluding hydrogens is 266 g/mol. The van der Waals surface area contributed by atoms with E-state index in [-0.39, 0.29) is 0 Å². The Balaban J connectivity index is 1.81.